The van der Waals surface area contributed by atoms with Crippen LogP contribution in [0.4, 0.5) is 23.7 Å². The molecule has 0 spiro atoms. The van der Waals surface area contributed by atoms with Crippen molar-refractivity contribution in [2.75, 3.05) is 33.1 Å². The molecular formula is C20H24F3N5O3. The predicted molar refractivity (Wildman–Crippen MR) is 107 cm³/mol. The number of carbonyl (C=O) groups is 2. The number of halogens is 3. The number of aryl methyl sites for hydroxylation is 1. The number of ether oxygens (including phenoxy) is 1. The van der Waals surface area contributed by atoms with Crippen LogP contribution in [0.15, 0.2) is 18.2 Å². The van der Waals surface area contributed by atoms with E-state index in [2.05, 4.69) is 10.4 Å². The molecule has 3 rings (SSSR count). The molecule has 0 fully saturated rings. The van der Waals surface area contributed by atoms with E-state index in [0.29, 0.717) is 17.1 Å². The Kier molecular flexibility index (Phi) is 6.14. The fourth-order valence-corrected chi connectivity index (χ4v) is 3.54. The zero-order valence-corrected chi connectivity index (χ0v) is 17.7. The van der Waals surface area contributed by atoms with Crippen LogP contribution in [0.5, 0.6) is 5.75 Å². The predicted octanol–water partition coefficient (Wildman–Crippen LogP) is 2.90. The van der Waals surface area contributed by atoms with Gasteiger partial charge in [0.25, 0.3) is 0 Å². The summed E-state index contributed by atoms with van der Waals surface area (Å²) >= 11 is 0. The Labute approximate surface area is 177 Å². The number of fused-ring (bicyclic) bond motifs is 1. The van der Waals surface area contributed by atoms with E-state index in [-0.39, 0.29) is 31.1 Å². The van der Waals surface area contributed by atoms with Gasteiger partial charge in [0.05, 0.1) is 19.3 Å². The minimum absolute atomic E-state index is 0.0742. The maximum Gasteiger partial charge on any atom is 0.435 e. The highest BCUT2D eigenvalue weighted by molar-refractivity contribution is 5.92. The van der Waals surface area contributed by atoms with E-state index in [9.17, 15) is 22.8 Å². The third-order valence-electron chi connectivity index (χ3n) is 4.98. The standard InChI is InChI=1S/C20H24F3N5O3/c1-12-5-6-16(31-4)14(9-12)24-17(29)11-28-15-7-8-27(19(30)26(2)3)10-13(15)18(25-28)20(21,22)23/h5-6,9H,7-8,10-11H2,1-4H3,(H,24,29). The fourth-order valence-electron chi connectivity index (χ4n) is 3.54. The quantitative estimate of drug-likeness (QED) is 0.795. The number of nitrogens with one attached hydrogen (secondary N) is 1. The summed E-state index contributed by atoms with van der Waals surface area (Å²) in [5.41, 5.74) is 0.473. The normalized spacial score (nSPS) is 13.6. The molecule has 1 aromatic heterocycles. The molecule has 1 N–H and O–H groups in total. The molecule has 0 radical (unpaired) electrons. The summed E-state index contributed by atoms with van der Waals surface area (Å²) in [7, 11) is 4.53. The number of hydrogen-bond donors (Lipinski definition) is 1. The van der Waals surface area contributed by atoms with Crippen LogP contribution in [0.2, 0.25) is 0 Å². The molecule has 0 atom stereocenters. The SMILES string of the molecule is COc1ccc(C)cc1NC(=O)Cn1nc(C(F)(F)F)c2c1CCN(C(=O)N(C)C)C2. The monoisotopic (exact) mass is 439 g/mol. The zero-order valence-electron chi connectivity index (χ0n) is 17.7. The van der Waals surface area contributed by atoms with Crippen molar-refractivity contribution < 1.29 is 27.5 Å². The average molecular weight is 439 g/mol. The number of urea groups is 1. The lowest BCUT2D eigenvalue weighted by Gasteiger charge is -2.30. The Morgan fingerprint density at radius 1 is 1.29 bits per heavy atom. The van der Waals surface area contributed by atoms with Gasteiger partial charge >= 0.3 is 12.2 Å². The van der Waals surface area contributed by atoms with Gasteiger partial charge in [-0.2, -0.15) is 18.3 Å². The van der Waals surface area contributed by atoms with Crippen molar-refractivity contribution in [3.8, 4) is 5.75 Å². The molecule has 1 aliphatic rings. The molecule has 0 unspecified atom stereocenters. The summed E-state index contributed by atoms with van der Waals surface area (Å²) < 4.78 is 47.1. The van der Waals surface area contributed by atoms with Crippen LogP contribution in [0.1, 0.15) is 22.5 Å². The Hall–Kier alpha value is -3.24. The number of hydrogen-bond acceptors (Lipinski definition) is 4. The Bertz CT molecular complexity index is 1000. The zero-order chi connectivity index (χ0) is 22.9. The van der Waals surface area contributed by atoms with E-state index >= 15 is 0 Å². The molecule has 2 heterocycles. The first-order valence-electron chi connectivity index (χ1n) is 9.57. The van der Waals surface area contributed by atoms with Crippen molar-refractivity contribution in [3.05, 3.63) is 40.7 Å². The first kappa shape index (κ1) is 22.4. The number of rotatable bonds is 4. The van der Waals surface area contributed by atoms with Gasteiger partial charge in [0.1, 0.15) is 12.3 Å². The Morgan fingerprint density at radius 3 is 2.61 bits per heavy atom. The fraction of sp³-hybridized carbons (Fsp3) is 0.450. The summed E-state index contributed by atoms with van der Waals surface area (Å²) in [6.45, 7) is 1.47. The van der Waals surface area contributed by atoms with Crippen molar-refractivity contribution in [3.63, 3.8) is 0 Å². The highest BCUT2D eigenvalue weighted by Gasteiger charge is 2.41. The van der Waals surface area contributed by atoms with Crippen LogP contribution in [0.25, 0.3) is 0 Å². The molecule has 0 bridgehead atoms. The maximum absolute atomic E-state index is 13.6. The van der Waals surface area contributed by atoms with E-state index in [4.69, 9.17) is 4.74 Å². The van der Waals surface area contributed by atoms with Gasteiger partial charge in [0.15, 0.2) is 5.69 Å². The van der Waals surface area contributed by atoms with Crippen LogP contribution < -0.4 is 10.1 Å². The van der Waals surface area contributed by atoms with E-state index in [1.807, 2.05) is 13.0 Å². The van der Waals surface area contributed by atoms with Crippen LogP contribution in [0, 0.1) is 6.92 Å². The molecule has 0 saturated carbocycles. The van der Waals surface area contributed by atoms with Crippen molar-refractivity contribution in [2.45, 2.75) is 32.6 Å². The lowest BCUT2D eigenvalue weighted by molar-refractivity contribution is -0.142. The molecule has 1 aliphatic heterocycles. The van der Waals surface area contributed by atoms with E-state index in [0.717, 1.165) is 10.2 Å². The molecular weight excluding hydrogens is 415 g/mol. The first-order chi connectivity index (χ1) is 14.5. The molecule has 2 aromatic rings. The van der Waals surface area contributed by atoms with Crippen LogP contribution in [0.3, 0.4) is 0 Å². The molecule has 0 saturated heterocycles. The average Bonchev–Trinajstić information content (AvgIpc) is 3.05. The van der Waals surface area contributed by atoms with Gasteiger partial charge in [-0.15, -0.1) is 0 Å². The van der Waals surface area contributed by atoms with Crippen LogP contribution >= 0.6 is 0 Å². The lowest BCUT2D eigenvalue weighted by Crippen LogP contribution is -2.42. The third kappa shape index (κ3) is 4.75. The van der Waals surface area contributed by atoms with Crippen molar-refractivity contribution in [2.24, 2.45) is 0 Å². The van der Waals surface area contributed by atoms with Crippen molar-refractivity contribution in [1.82, 2.24) is 19.6 Å². The molecule has 1 aromatic carbocycles. The van der Waals surface area contributed by atoms with Crippen LogP contribution in [-0.4, -0.2) is 59.3 Å². The highest BCUT2D eigenvalue weighted by Crippen LogP contribution is 2.35. The number of benzene rings is 1. The van der Waals surface area contributed by atoms with Gasteiger partial charge in [0, 0.05) is 38.3 Å². The second-order valence-corrected chi connectivity index (χ2v) is 7.53. The van der Waals surface area contributed by atoms with E-state index in [1.54, 1.807) is 12.1 Å². The second kappa shape index (κ2) is 8.48. The summed E-state index contributed by atoms with van der Waals surface area (Å²) in [6, 6.07) is 4.84. The minimum atomic E-state index is -4.70. The largest absolute Gasteiger partial charge is 0.495 e. The van der Waals surface area contributed by atoms with Crippen LogP contribution in [-0.2, 0) is 30.5 Å². The number of aromatic nitrogens is 2. The lowest BCUT2D eigenvalue weighted by atomic mass is 10.0. The first-order valence-corrected chi connectivity index (χ1v) is 9.57. The van der Waals surface area contributed by atoms with Gasteiger partial charge in [-0.3, -0.25) is 9.48 Å². The molecule has 11 heteroatoms. The molecule has 8 nitrogen and oxygen atoms in total. The number of methoxy groups -OCH3 is 1. The number of amides is 3. The van der Waals surface area contributed by atoms with E-state index < -0.39 is 24.3 Å². The summed E-state index contributed by atoms with van der Waals surface area (Å²) in [4.78, 5) is 27.4. The topological polar surface area (TPSA) is 79.7 Å². The summed E-state index contributed by atoms with van der Waals surface area (Å²) in [5.74, 6) is -0.0926. The molecule has 3 amide bonds. The van der Waals surface area contributed by atoms with Gasteiger partial charge in [-0.1, -0.05) is 6.07 Å². The number of alkyl halides is 3. The third-order valence-corrected chi connectivity index (χ3v) is 4.98. The van der Waals surface area contributed by atoms with E-state index in [1.165, 1.54) is 31.0 Å². The number of carbonyl (C=O) groups excluding carboxylic acids is 2. The Morgan fingerprint density at radius 2 is 2.00 bits per heavy atom. The smallest absolute Gasteiger partial charge is 0.435 e. The summed E-state index contributed by atoms with van der Waals surface area (Å²) in [5, 5.41) is 6.36. The highest BCUT2D eigenvalue weighted by atomic mass is 19.4. The molecule has 168 valence electrons. The number of nitrogens with zero attached hydrogens (tertiary/aromatic N) is 4. The molecule has 0 aliphatic carbocycles. The molecule has 31 heavy (non-hydrogen) atoms. The van der Waals surface area contributed by atoms with Gasteiger partial charge in [0.2, 0.25) is 5.91 Å². The van der Waals surface area contributed by atoms with Crippen molar-refractivity contribution >= 4 is 17.6 Å². The Balaban J connectivity index is 1.87. The van der Waals surface area contributed by atoms with Gasteiger partial charge in [-0.25, -0.2) is 4.79 Å². The van der Waals surface area contributed by atoms with Crippen molar-refractivity contribution in [1.29, 1.82) is 0 Å². The van der Waals surface area contributed by atoms with Gasteiger partial charge < -0.3 is 19.9 Å². The maximum atomic E-state index is 13.6. The second-order valence-electron chi connectivity index (χ2n) is 7.53. The number of anilines is 1. The minimum Gasteiger partial charge on any atom is -0.495 e. The van der Waals surface area contributed by atoms with Gasteiger partial charge in [-0.05, 0) is 24.6 Å². The summed E-state index contributed by atoms with van der Waals surface area (Å²) in [6.07, 6.45) is -4.53.